The number of anilines is 2. The quantitative estimate of drug-likeness (QED) is 0.713. The van der Waals surface area contributed by atoms with Crippen LogP contribution in [0.3, 0.4) is 0 Å². The Kier molecular flexibility index (Phi) is 5.21. The highest BCUT2D eigenvalue weighted by molar-refractivity contribution is 7.99. The summed E-state index contributed by atoms with van der Waals surface area (Å²) in [5.41, 5.74) is 7.49. The lowest BCUT2D eigenvalue weighted by Gasteiger charge is -2.10. The van der Waals surface area contributed by atoms with E-state index in [-0.39, 0.29) is 17.6 Å². The molecule has 0 spiro atoms. The standard InChI is InChI=1S/C14H19N5OS/c1-3-9(2)10-4-6-11(7-5-10)16-12(20)8-21-14-17-13(15)18-19-14/h4-7,9H,3,8H2,1-2H3,(H,16,20)(H3,15,17,18,19)/t9-/m0/s1. The van der Waals surface area contributed by atoms with Crippen LogP contribution >= 0.6 is 11.8 Å². The van der Waals surface area contributed by atoms with Crippen LogP contribution < -0.4 is 11.1 Å². The Labute approximate surface area is 127 Å². The van der Waals surface area contributed by atoms with Crippen molar-refractivity contribution in [2.45, 2.75) is 31.3 Å². The molecule has 0 aliphatic heterocycles. The zero-order valence-electron chi connectivity index (χ0n) is 12.1. The Morgan fingerprint density at radius 1 is 1.43 bits per heavy atom. The van der Waals surface area contributed by atoms with Crippen LogP contribution in [-0.4, -0.2) is 26.8 Å². The van der Waals surface area contributed by atoms with Gasteiger partial charge in [0.1, 0.15) is 0 Å². The van der Waals surface area contributed by atoms with Gasteiger partial charge in [-0.2, -0.15) is 4.98 Å². The van der Waals surface area contributed by atoms with Crippen LogP contribution in [0.4, 0.5) is 11.6 Å². The Morgan fingerprint density at radius 2 is 2.14 bits per heavy atom. The van der Waals surface area contributed by atoms with E-state index in [0.29, 0.717) is 11.1 Å². The van der Waals surface area contributed by atoms with E-state index in [1.54, 1.807) is 0 Å². The van der Waals surface area contributed by atoms with Gasteiger partial charge in [0.15, 0.2) is 0 Å². The summed E-state index contributed by atoms with van der Waals surface area (Å²) in [4.78, 5) is 15.8. The Morgan fingerprint density at radius 3 is 2.71 bits per heavy atom. The Bertz CT molecular complexity index is 596. The van der Waals surface area contributed by atoms with Crippen molar-refractivity contribution in [3.63, 3.8) is 0 Å². The monoisotopic (exact) mass is 305 g/mol. The third kappa shape index (κ3) is 4.49. The van der Waals surface area contributed by atoms with Crippen LogP contribution in [0.15, 0.2) is 29.4 Å². The largest absolute Gasteiger partial charge is 0.368 e. The van der Waals surface area contributed by atoms with Gasteiger partial charge in [0.2, 0.25) is 17.0 Å². The maximum absolute atomic E-state index is 11.8. The number of nitrogen functional groups attached to an aromatic ring is 1. The summed E-state index contributed by atoms with van der Waals surface area (Å²) >= 11 is 1.23. The highest BCUT2D eigenvalue weighted by atomic mass is 32.2. The van der Waals surface area contributed by atoms with Crippen molar-refractivity contribution in [3.8, 4) is 0 Å². The number of aromatic nitrogens is 3. The number of nitrogens with one attached hydrogen (secondary N) is 2. The topological polar surface area (TPSA) is 96.7 Å². The SMILES string of the molecule is CC[C@H](C)c1ccc(NC(=O)CSc2n[nH]c(N)n2)cc1. The minimum absolute atomic E-state index is 0.0975. The third-order valence-electron chi connectivity index (χ3n) is 3.19. The van der Waals surface area contributed by atoms with Crippen molar-refractivity contribution in [2.24, 2.45) is 0 Å². The van der Waals surface area contributed by atoms with Crippen molar-refractivity contribution in [1.29, 1.82) is 0 Å². The number of benzene rings is 1. The summed E-state index contributed by atoms with van der Waals surface area (Å²) in [7, 11) is 0. The molecule has 2 aromatic rings. The summed E-state index contributed by atoms with van der Waals surface area (Å²) in [6.07, 6.45) is 1.10. The molecule has 4 N–H and O–H groups in total. The molecule has 0 bridgehead atoms. The van der Waals surface area contributed by atoms with Crippen LogP contribution in [0.25, 0.3) is 0 Å². The van der Waals surface area contributed by atoms with Gasteiger partial charge in [0.05, 0.1) is 5.75 Å². The number of nitrogens with zero attached hydrogens (tertiary/aromatic N) is 2. The molecule has 0 radical (unpaired) electrons. The number of hydrogen-bond acceptors (Lipinski definition) is 5. The van der Waals surface area contributed by atoms with Crippen molar-refractivity contribution in [2.75, 3.05) is 16.8 Å². The molecule has 7 heteroatoms. The fourth-order valence-corrected chi connectivity index (χ4v) is 2.39. The van der Waals surface area contributed by atoms with E-state index in [1.165, 1.54) is 17.3 Å². The highest BCUT2D eigenvalue weighted by Crippen LogP contribution is 2.20. The molecule has 0 aliphatic carbocycles. The van der Waals surface area contributed by atoms with Gasteiger partial charge in [-0.3, -0.25) is 4.79 Å². The van der Waals surface area contributed by atoms with Gasteiger partial charge in [0.25, 0.3) is 0 Å². The van der Waals surface area contributed by atoms with Crippen LogP contribution in [0.2, 0.25) is 0 Å². The molecule has 112 valence electrons. The molecule has 1 aromatic carbocycles. The van der Waals surface area contributed by atoms with Gasteiger partial charge >= 0.3 is 0 Å². The first kappa shape index (κ1) is 15.4. The summed E-state index contributed by atoms with van der Waals surface area (Å²) in [6, 6.07) is 7.95. The van der Waals surface area contributed by atoms with Gasteiger partial charge in [-0.15, -0.1) is 5.10 Å². The molecule has 0 aliphatic rings. The van der Waals surface area contributed by atoms with Crippen LogP contribution in [0, 0.1) is 0 Å². The average molecular weight is 305 g/mol. The molecule has 21 heavy (non-hydrogen) atoms. The van der Waals surface area contributed by atoms with E-state index in [2.05, 4.69) is 34.3 Å². The van der Waals surface area contributed by atoms with Crippen LogP contribution in [0.5, 0.6) is 0 Å². The number of thioether (sulfide) groups is 1. The number of carbonyl (C=O) groups excluding carboxylic acids is 1. The lowest BCUT2D eigenvalue weighted by molar-refractivity contribution is -0.113. The Balaban J connectivity index is 1.84. The van der Waals surface area contributed by atoms with E-state index in [9.17, 15) is 4.79 Å². The summed E-state index contributed by atoms with van der Waals surface area (Å²) in [6.45, 7) is 4.35. The average Bonchev–Trinajstić information content (AvgIpc) is 2.91. The fraction of sp³-hybridized carbons (Fsp3) is 0.357. The first-order valence-electron chi connectivity index (χ1n) is 6.79. The first-order chi connectivity index (χ1) is 10.1. The van der Waals surface area contributed by atoms with E-state index >= 15 is 0 Å². The summed E-state index contributed by atoms with van der Waals surface area (Å²) in [5.74, 6) is 0.921. The second-order valence-corrected chi connectivity index (χ2v) is 5.71. The molecule has 0 fully saturated rings. The highest BCUT2D eigenvalue weighted by Gasteiger charge is 2.08. The first-order valence-corrected chi connectivity index (χ1v) is 7.77. The van der Waals surface area contributed by atoms with Crippen LogP contribution in [-0.2, 0) is 4.79 Å². The molecule has 1 amide bonds. The Hall–Kier alpha value is -2.02. The molecule has 1 atom stereocenters. The fourth-order valence-electron chi connectivity index (χ4n) is 1.78. The second-order valence-electron chi connectivity index (χ2n) is 4.77. The molecule has 6 nitrogen and oxygen atoms in total. The normalized spacial score (nSPS) is 12.1. The summed E-state index contributed by atoms with van der Waals surface area (Å²) in [5, 5.41) is 9.70. The zero-order valence-corrected chi connectivity index (χ0v) is 12.9. The predicted molar refractivity (Wildman–Crippen MR) is 85.3 cm³/mol. The van der Waals surface area contributed by atoms with Crippen molar-refractivity contribution < 1.29 is 4.79 Å². The maximum Gasteiger partial charge on any atom is 0.234 e. The minimum Gasteiger partial charge on any atom is -0.368 e. The molecule has 0 unspecified atom stereocenters. The summed E-state index contributed by atoms with van der Waals surface area (Å²) < 4.78 is 0. The van der Waals surface area contributed by atoms with Crippen LogP contribution in [0.1, 0.15) is 31.7 Å². The maximum atomic E-state index is 11.8. The number of hydrogen-bond donors (Lipinski definition) is 3. The second kappa shape index (κ2) is 7.12. The number of aromatic amines is 1. The number of nitrogens with two attached hydrogens (primary N) is 1. The van der Waals surface area contributed by atoms with Gasteiger partial charge in [-0.05, 0) is 30.0 Å². The van der Waals surface area contributed by atoms with Crippen molar-refractivity contribution in [1.82, 2.24) is 15.2 Å². The number of rotatable bonds is 6. The molecular weight excluding hydrogens is 286 g/mol. The number of amides is 1. The van der Waals surface area contributed by atoms with Gasteiger partial charge in [-0.1, -0.05) is 37.7 Å². The van der Waals surface area contributed by atoms with Gasteiger partial charge in [0, 0.05) is 5.69 Å². The smallest absolute Gasteiger partial charge is 0.234 e. The van der Waals surface area contributed by atoms with Gasteiger partial charge in [-0.25, -0.2) is 5.10 Å². The molecule has 1 heterocycles. The minimum atomic E-state index is -0.0975. The van der Waals surface area contributed by atoms with E-state index in [4.69, 9.17) is 5.73 Å². The van der Waals surface area contributed by atoms with E-state index in [0.717, 1.165) is 12.1 Å². The molecule has 0 saturated carbocycles. The molecule has 2 rings (SSSR count). The predicted octanol–water partition coefficient (Wildman–Crippen LogP) is 2.63. The van der Waals surface area contributed by atoms with Gasteiger partial charge < -0.3 is 11.1 Å². The lowest BCUT2D eigenvalue weighted by atomic mass is 9.99. The zero-order chi connectivity index (χ0) is 15.2. The molecule has 0 saturated heterocycles. The van der Waals surface area contributed by atoms with E-state index in [1.807, 2.05) is 24.3 Å². The number of carbonyl (C=O) groups is 1. The molecule has 1 aromatic heterocycles. The number of H-pyrrole nitrogens is 1. The van der Waals surface area contributed by atoms with Crippen molar-refractivity contribution in [3.05, 3.63) is 29.8 Å². The van der Waals surface area contributed by atoms with E-state index < -0.39 is 0 Å². The lowest BCUT2D eigenvalue weighted by Crippen LogP contribution is -2.14. The molecular formula is C14H19N5OS. The third-order valence-corrected chi connectivity index (χ3v) is 4.04. The van der Waals surface area contributed by atoms with Crippen molar-refractivity contribution >= 4 is 29.3 Å².